The molecule has 1 heterocycles. The van der Waals surface area contributed by atoms with Crippen LogP contribution in [0.15, 0.2) is 35.1 Å². The van der Waals surface area contributed by atoms with E-state index in [0.29, 0.717) is 5.69 Å². The first-order chi connectivity index (χ1) is 9.93. The molecule has 2 rings (SSSR count). The number of ketones is 1. The molecule has 0 aliphatic rings. The second-order valence-corrected chi connectivity index (χ2v) is 4.54. The third-order valence-electron chi connectivity index (χ3n) is 3.09. The lowest BCUT2D eigenvalue weighted by molar-refractivity contribution is 0.0694. The van der Waals surface area contributed by atoms with Crippen molar-refractivity contribution in [2.24, 2.45) is 0 Å². The Morgan fingerprint density at radius 3 is 2.33 bits per heavy atom. The molecular weight excluding hydrogens is 272 g/mol. The van der Waals surface area contributed by atoms with Crippen molar-refractivity contribution in [2.75, 3.05) is 0 Å². The van der Waals surface area contributed by atoms with Gasteiger partial charge in [-0.1, -0.05) is 19.1 Å². The third-order valence-corrected chi connectivity index (χ3v) is 3.09. The highest BCUT2D eigenvalue weighted by atomic mass is 16.4. The number of rotatable bonds is 4. The largest absolute Gasteiger partial charge is 0.477 e. The van der Waals surface area contributed by atoms with Crippen LogP contribution < -0.4 is 5.56 Å². The van der Waals surface area contributed by atoms with Crippen LogP contribution in [-0.2, 0) is 6.42 Å². The minimum absolute atomic E-state index is 0.0634. The summed E-state index contributed by atoms with van der Waals surface area (Å²) >= 11 is 0. The van der Waals surface area contributed by atoms with E-state index in [1.54, 1.807) is 12.1 Å². The molecule has 6 heteroatoms. The monoisotopic (exact) mass is 286 g/mol. The quantitative estimate of drug-likeness (QED) is 0.864. The average Bonchev–Trinajstić information content (AvgIpc) is 2.47. The van der Waals surface area contributed by atoms with Gasteiger partial charge in [-0.05, 0) is 30.2 Å². The Kier molecular flexibility index (Phi) is 3.98. The van der Waals surface area contributed by atoms with Gasteiger partial charge < -0.3 is 5.11 Å². The first-order valence-electron chi connectivity index (χ1n) is 6.42. The zero-order valence-electron chi connectivity index (χ0n) is 11.7. The van der Waals surface area contributed by atoms with Gasteiger partial charge in [0.05, 0.1) is 5.69 Å². The van der Waals surface area contributed by atoms with Crippen molar-refractivity contribution in [1.29, 1.82) is 0 Å². The molecule has 1 N–H and O–H groups in total. The fourth-order valence-corrected chi connectivity index (χ4v) is 1.87. The van der Waals surface area contributed by atoms with Crippen LogP contribution in [0.2, 0.25) is 0 Å². The summed E-state index contributed by atoms with van der Waals surface area (Å²) in [5, 5.41) is 13.0. The molecule has 2 aromatic rings. The molecule has 0 bridgehead atoms. The average molecular weight is 286 g/mol. The predicted molar refractivity (Wildman–Crippen MR) is 76.2 cm³/mol. The molecule has 0 fully saturated rings. The topological polar surface area (TPSA) is 89.3 Å². The number of carboxylic acid groups (broad SMARTS) is 1. The van der Waals surface area contributed by atoms with Gasteiger partial charge in [0.15, 0.2) is 5.78 Å². The zero-order chi connectivity index (χ0) is 15.6. The van der Waals surface area contributed by atoms with E-state index in [0.717, 1.165) is 22.7 Å². The Bertz CT molecular complexity index is 760. The van der Waals surface area contributed by atoms with Crippen molar-refractivity contribution in [3.63, 3.8) is 0 Å². The Morgan fingerprint density at radius 2 is 1.86 bits per heavy atom. The van der Waals surface area contributed by atoms with Crippen LogP contribution in [0.4, 0.5) is 0 Å². The van der Waals surface area contributed by atoms with E-state index < -0.39 is 22.9 Å². The van der Waals surface area contributed by atoms with Crippen LogP contribution in [0.5, 0.6) is 0 Å². The van der Waals surface area contributed by atoms with Crippen LogP contribution in [-0.4, -0.2) is 26.6 Å². The summed E-state index contributed by atoms with van der Waals surface area (Å²) in [6, 6.07) is 7.99. The SMILES string of the molecule is CCc1ccc(-n2nc(C(C)=O)cc(C(=O)O)c2=O)cc1. The summed E-state index contributed by atoms with van der Waals surface area (Å²) in [6.07, 6.45) is 0.844. The first-order valence-corrected chi connectivity index (χ1v) is 6.42. The van der Waals surface area contributed by atoms with E-state index in [-0.39, 0.29) is 5.69 Å². The van der Waals surface area contributed by atoms with Gasteiger partial charge in [0, 0.05) is 6.92 Å². The lowest BCUT2D eigenvalue weighted by Gasteiger charge is -2.08. The van der Waals surface area contributed by atoms with E-state index in [2.05, 4.69) is 5.10 Å². The van der Waals surface area contributed by atoms with Crippen LogP contribution in [0.25, 0.3) is 5.69 Å². The molecule has 0 aliphatic heterocycles. The number of carboxylic acids is 1. The molecule has 1 aromatic heterocycles. The van der Waals surface area contributed by atoms with Gasteiger partial charge in [-0.15, -0.1) is 0 Å². The third kappa shape index (κ3) is 2.89. The van der Waals surface area contributed by atoms with Crippen LogP contribution >= 0.6 is 0 Å². The van der Waals surface area contributed by atoms with Crippen LogP contribution in [0.1, 0.15) is 40.3 Å². The number of carbonyl (C=O) groups excluding carboxylic acids is 1. The number of aromatic nitrogens is 2. The first kappa shape index (κ1) is 14.6. The zero-order valence-corrected chi connectivity index (χ0v) is 11.7. The number of benzene rings is 1. The molecular formula is C15H14N2O4. The van der Waals surface area contributed by atoms with Crippen molar-refractivity contribution < 1.29 is 14.7 Å². The summed E-state index contributed by atoms with van der Waals surface area (Å²) < 4.78 is 0.944. The molecule has 0 amide bonds. The van der Waals surface area contributed by atoms with Crippen molar-refractivity contribution in [2.45, 2.75) is 20.3 Å². The molecule has 0 spiro atoms. The lowest BCUT2D eigenvalue weighted by Crippen LogP contribution is -2.29. The highest BCUT2D eigenvalue weighted by molar-refractivity contribution is 5.95. The molecule has 0 aliphatic carbocycles. The molecule has 1 aromatic carbocycles. The number of nitrogens with zero attached hydrogens (tertiary/aromatic N) is 2. The standard InChI is InChI=1S/C15H14N2O4/c1-3-10-4-6-11(7-5-10)17-14(19)12(15(20)21)8-13(16-17)9(2)18/h4-8H,3H2,1-2H3,(H,20,21). The van der Waals surface area contributed by atoms with Crippen LogP contribution in [0.3, 0.4) is 0 Å². The highest BCUT2D eigenvalue weighted by Crippen LogP contribution is 2.09. The summed E-state index contributed by atoms with van der Waals surface area (Å²) in [7, 11) is 0. The number of aryl methyl sites for hydroxylation is 1. The van der Waals surface area contributed by atoms with Crippen molar-refractivity contribution in [3.8, 4) is 5.69 Å². The van der Waals surface area contributed by atoms with E-state index in [4.69, 9.17) is 5.11 Å². The van der Waals surface area contributed by atoms with Gasteiger partial charge in [0.25, 0.3) is 5.56 Å². The van der Waals surface area contributed by atoms with Crippen molar-refractivity contribution in [3.05, 3.63) is 57.5 Å². The van der Waals surface area contributed by atoms with Crippen LogP contribution in [0, 0.1) is 0 Å². The molecule has 108 valence electrons. The Hall–Kier alpha value is -2.76. The number of hydrogen-bond donors (Lipinski definition) is 1. The molecule has 0 saturated heterocycles. The van der Waals surface area contributed by atoms with E-state index in [1.807, 2.05) is 19.1 Å². The van der Waals surface area contributed by atoms with Gasteiger partial charge in [0.1, 0.15) is 11.3 Å². The van der Waals surface area contributed by atoms with E-state index in [9.17, 15) is 14.4 Å². The molecule has 21 heavy (non-hydrogen) atoms. The Morgan fingerprint density at radius 1 is 1.24 bits per heavy atom. The lowest BCUT2D eigenvalue weighted by atomic mass is 10.1. The predicted octanol–water partition coefficient (Wildman–Crippen LogP) is 1.70. The fourth-order valence-electron chi connectivity index (χ4n) is 1.87. The second kappa shape index (κ2) is 5.70. The normalized spacial score (nSPS) is 10.4. The van der Waals surface area contributed by atoms with Crippen molar-refractivity contribution >= 4 is 11.8 Å². The Labute approximate surface area is 120 Å². The summed E-state index contributed by atoms with van der Waals surface area (Å²) in [5.74, 6) is -1.79. The summed E-state index contributed by atoms with van der Waals surface area (Å²) in [6.45, 7) is 3.27. The van der Waals surface area contributed by atoms with E-state index in [1.165, 1.54) is 6.92 Å². The number of Topliss-reactive ketones (excluding diaryl/α,β-unsaturated/α-hetero) is 1. The maximum absolute atomic E-state index is 12.1. The number of aromatic carboxylic acids is 1. The molecule has 0 saturated carbocycles. The number of hydrogen-bond acceptors (Lipinski definition) is 4. The van der Waals surface area contributed by atoms with Gasteiger partial charge in [-0.3, -0.25) is 9.59 Å². The van der Waals surface area contributed by atoms with Gasteiger partial charge in [-0.25, -0.2) is 4.79 Å². The molecule has 0 atom stereocenters. The minimum Gasteiger partial charge on any atom is -0.477 e. The summed E-state index contributed by atoms with van der Waals surface area (Å²) in [4.78, 5) is 34.7. The maximum Gasteiger partial charge on any atom is 0.341 e. The molecule has 6 nitrogen and oxygen atoms in total. The van der Waals surface area contributed by atoms with Gasteiger partial charge in [-0.2, -0.15) is 9.78 Å². The summed E-state index contributed by atoms with van der Waals surface area (Å²) in [5.41, 5.74) is 0.189. The van der Waals surface area contributed by atoms with Crippen molar-refractivity contribution in [1.82, 2.24) is 9.78 Å². The molecule has 0 radical (unpaired) electrons. The minimum atomic E-state index is -1.39. The van der Waals surface area contributed by atoms with Gasteiger partial charge in [0.2, 0.25) is 0 Å². The highest BCUT2D eigenvalue weighted by Gasteiger charge is 2.17. The molecule has 0 unspecified atom stereocenters. The number of carbonyl (C=O) groups is 2. The maximum atomic E-state index is 12.1. The van der Waals surface area contributed by atoms with E-state index >= 15 is 0 Å². The second-order valence-electron chi connectivity index (χ2n) is 4.54. The fraction of sp³-hybridized carbons (Fsp3) is 0.200. The smallest absolute Gasteiger partial charge is 0.341 e. The Balaban J connectivity index is 2.68. The van der Waals surface area contributed by atoms with Gasteiger partial charge >= 0.3 is 5.97 Å².